The van der Waals surface area contributed by atoms with Crippen molar-refractivity contribution in [3.63, 3.8) is 0 Å². The zero-order chi connectivity index (χ0) is 14.8. The lowest BCUT2D eigenvalue weighted by Crippen LogP contribution is -2.32. The molecule has 1 amide bonds. The van der Waals surface area contributed by atoms with Crippen LogP contribution in [0, 0.1) is 11.8 Å². The smallest absolute Gasteiger partial charge is 0.255 e. The summed E-state index contributed by atoms with van der Waals surface area (Å²) in [6.07, 6.45) is 5.67. The van der Waals surface area contributed by atoms with Crippen molar-refractivity contribution in [2.75, 3.05) is 19.7 Å². The van der Waals surface area contributed by atoms with Gasteiger partial charge in [0.25, 0.3) is 5.91 Å². The Balaban J connectivity index is 2.94. The Kier molecular flexibility index (Phi) is 7.38. The number of carbonyl (C=O) groups excluding carboxylic acids is 1. The Morgan fingerprint density at radius 2 is 2.25 bits per heavy atom. The summed E-state index contributed by atoms with van der Waals surface area (Å²) in [5.74, 6) is 5.74. The molecular weight excluding hydrogens is 252 g/mol. The summed E-state index contributed by atoms with van der Waals surface area (Å²) in [5.41, 5.74) is 1.21. The van der Waals surface area contributed by atoms with Crippen LogP contribution in [0.5, 0.6) is 0 Å². The zero-order valence-corrected chi connectivity index (χ0v) is 12.2. The summed E-state index contributed by atoms with van der Waals surface area (Å²) in [6, 6.07) is 1.71. The SMILES string of the molecule is CCCCN(CC)C(=O)c1ccncc1C#CCCO. The number of aromatic nitrogens is 1. The van der Waals surface area contributed by atoms with E-state index >= 15 is 0 Å². The second-order valence-corrected chi connectivity index (χ2v) is 4.44. The number of rotatable bonds is 6. The highest BCUT2D eigenvalue weighted by molar-refractivity contribution is 5.96. The molecule has 0 bridgehead atoms. The number of hydrogen-bond acceptors (Lipinski definition) is 3. The van der Waals surface area contributed by atoms with Crippen LogP contribution in [-0.4, -0.2) is 40.6 Å². The minimum atomic E-state index is -0.00310. The summed E-state index contributed by atoms with van der Waals surface area (Å²) >= 11 is 0. The van der Waals surface area contributed by atoms with E-state index in [0.717, 1.165) is 19.4 Å². The highest BCUT2D eigenvalue weighted by Crippen LogP contribution is 2.10. The van der Waals surface area contributed by atoms with Gasteiger partial charge < -0.3 is 10.0 Å². The maximum atomic E-state index is 12.5. The van der Waals surface area contributed by atoms with E-state index in [-0.39, 0.29) is 12.5 Å². The molecule has 0 saturated carbocycles. The van der Waals surface area contributed by atoms with Crippen LogP contribution in [0.4, 0.5) is 0 Å². The second kappa shape index (κ2) is 9.11. The third-order valence-electron chi connectivity index (χ3n) is 2.96. The molecule has 0 aliphatic rings. The fourth-order valence-electron chi connectivity index (χ4n) is 1.82. The number of carbonyl (C=O) groups is 1. The molecule has 1 rings (SSSR count). The summed E-state index contributed by atoms with van der Waals surface area (Å²) in [7, 11) is 0. The van der Waals surface area contributed by atoms with Gasteiger partial charge in [0.05, 0.1) is 17.7 Å². The van der Waals surface area contributed by atoms with Crippen molar-refractivity contribution in [2.45, 2.75) is 33.1 Å². The molecule has 1 aromatic rings. The fraction of sp³-hybridized carbons (Fsp3) is 0.500. The first-order valence-electron chi connectivity index (χ1n) is 7.07. The van der Waals surface area contributed by atoms with Crippen molar-refractivity contribution < 1.29 is 9.90 Å². The topological polar surface area (TPSA) is 53.4 Å². The molecule has 0 saturated heterocycles. The van der Waals surface area contributed by atoms with Crippen molar-refractivity contribution in [1.82, 2.24) is 9.88 Å². The zero-order valence-electron chi connectivity index (χ0n) is 12.2. The van der Waals surface area contributed by atoms with Crippen LogP contribution < -0.4 is 0 Å². The first-order valence-corrected chi connectivity index (χ1v) is 7.07. The number of hydrogen-bond donors (Lipinski definition) is 1. The van der Waals surface area contributed by atoms with Crippen LogP contribution in [0.15, 0.2) is 18.5 Å². The van der Waals surface area contributed by atoms with Gasteiger partial charge in [-0.25, -0.2) is 0 Å². The van der Waals surface area contributed by atoms with E-state index < -0.39 is 0 Å². The third kappa shape index (κ3) is 4.67. The number of amides is 1. The molecule has 1 N–H and O–H groups in total. The quantitative estimate of drug-likeness (QED) is 0.808. The minimum Gasteiger partial charge on any atom is -0.395 e. The van der Waals surface area contributed by atoms with Gasteiger partial charge in [-0.1, -0.05) is 25.2 Å². The molecule has 108 valence electrons. The highest BCUT2D eigenvalue weighted by Gasteiger charge is 2.16. The predicted octanol–water partition coefficient (Wildman–Crippen LogP) is 2.08. The molecule has 0 radical (unpaired) electrons. The van der Waals surface area contributed by atoms with E-state index in [1.165, 1.54) is 0 Å². The maximum absolute atomic E-state index is 12.5. The predicted molar refractivity (Wildman–Crippen MR) is 79.3 cm³/mol. The van der Waals surface area contributed by atoms with E-state index in [1.54, 1.807) is 18.5 Å². The number of aliphatic hydroxyl groups excluding tert-OH is 1. The van der Waals surface area contributed by atoms with Crippen molar-refractivity contribution in [3.05, 3.63) is 29.6 Å². The number of nitrogens with zero attached hydrogens (tertiary/aromatic N) is 2. The molecule has 0 aromatic carbocycles. The fourth-order valence-corrected chi connectivity index (χ4v) is 1.82. The molecule has 1 heterocycles. The second-order valence-electron chi connectivity index (χ2n) is 4.44. The molecule has 0 aliphatic heterocycles. The van der Waals surface area contributed by atoms with E-state index in [9.17, 15) is 4.79 Å². The van der Waals surface area contributed by atoms with Gasteiger partial charge in [-0.3, -0.25) is 9.78 Å². The molecule has 0 unspecified atom stereocenters. The molecule has 0 atom stereocenters. The van der Waals surface area contributed by atoms with Crippen LogP contribution in [-0.2, 0) is 0 Å². The Morgan fingerprint density at radius 1 is 1.45 bits per heavy atom. The summed E-state index contributed by atoms with van der Waals surface area (Å²) in [5, 5.41) is 8.75. The van der Waals surface area contributed by atoms with Crippen LogP contribution in [0.3, 0.4) is 0 Å². The lowest BCUT2D eigenvalue weighted by atomic mass is 10.1. The largest absolute Gasteiger partial charge is 0.395 e. The van der Waals surface area contributed by atoms with Crippen LogP contribution in [0.25, 0.3) is 0 Å². The van der Waals surface area contributed by atoms with Crippen LogP contribution >= 0.6 is 0 Å². The summed E-state index contributed by atoms with van der Waals surface area (Å²) < 4.78 is 0. The van der Waals surface area contributed by atoms with Crippen molar-refractivity contribution >= 4 is 5.91 Å². The van der Waals surface area contributed by atoms with Crippen molar-refractivity contribution in [3.8, 4) is 11.8 Å². The van der Waals surface area contributed by atoms with Gasteiger partial charge in [0.15, 0.2) is 0 Å². The molecule has 1 aromatic heterocycles. The first kappa shape index (κ1) is 16.2. The van der Waals surface area contributed by atoms with Gasteiger partial charge in [-0.05, 0) is 19.4 Å². The van der Waals surface area contributed by atoms with Crippen LogP contribution in [0.1, 0.15) is 49.0 Å². The van der Waals surface area contributed by atoms with Gasteiger partial charge in [-0.15, -0.1) is 0 Å². The normalized spacial score (nSPS) is 9.75. The Bertz CT molecular complexity index is 489. The Hall–Kier alpha value is -1.86. The van der Waals surface area contributed by atoms with Gasteiger partial charge >= 0.3 is 0 Å². The first-order chi connectivity index (χ1) is 9.74. The Labute approximate surface area is 120 Å². The van der Waals surface area contributed by atoms with Crippen molar-refractivity contribution in [1.29, 1.82) is 0 Å². The molecular formula is C16H22N2O2. The standard InChI is InChI=1S/C16H22N2O2/c1-3-5-11-18(4-2)16(20)15-9-10-17-13-14(15)8-6-7-12-19/h9-10,13,19H,3-5,7,11-12H2,1-2H3. The van der Waals surface area contributed by atoms with Crippen molar-refractivity contribution in [2.24, 2.45) is 0 Å². The third-order valence-corrected chi connectivity index (χ3v) is 2.96. The van der Waals surface area contributed by atoms with Gasteiger partial charge in [-0.2, -0.15) is 0 Å². The minimum absolute atomic E-state index is 0.00310. The average molecular weight is 274 g/mol. The monoisotopic (exact) mass is 274 g/mol. The van der Waals surface area contributed by atoms with E-state index in [4.69, 9.17) is 5.11 Å². The van der Waals surface area contributed by atoms with E-state index in [2.05, 4.69) is 23.7 Å². The maximum Gasteiger partial charge on any atom is 0.255 e. The lowest BCUT2D eigenvalue weighted by Gasteiger charge is -2.21. The average Bonchev–Trinajstić information content (AvgIpc) is 2.48. The molecule has 4 heteroatoms. The molecule has 20 heavy (non-hydrogen) atoms. The van der Waals surface area contributed by atoms with E-state index in [0.29, 0.717) is 24.1 Å². The number of aliphatic hydroxyl groups is 1. The van der Waals surface area contributed by atoms with E-state index in [1.807, 2.05) is 11.8 Å². The van der Waals surface area contributed by atoms with Gasteiger partial charge in [0.2, 0.25) is 0 Å². The van der Waals surface area contributed by atoms with Gasteiger partial charge in [0, 0.05) is 31.9 Å². The summed E-state index contributed by atoms with van der Waals surface area (Å²) in [4.78, 5) is 18.4. The van der Waals surface area contributed by atoms with Crippen LogP contribution in [0.2, 0.25) is 0 Å². The molecule has 4 nitrogen and oxygen atoms in total. The lowest BCUT2D eigenvalue weighted by molar-refractivity contribution is 0.0762. The van der Waals surface area contributed by atoms with Gasteiger partial charge in [0.1, 0.15) is 0 Å². The molecule has 0 fully saturated rings. The summed E-state index contributed by atoms with van der Waals surface area (Å²) in [6.45, 7) is 5.55. The highest BCUT2D eigenvalue weighted by atomic mass is 16.2. The number of pyridine rings is 1. The Morgan fingerprint density at radius 3 is 2.90 bits per heavy atom. The molecule has 0 spiro atoms. The molecule has 0 aliphatic carbocycles. The number of unbranched alkanes of at least 4 members (excludes halogenated alkanes) is 1.